The largest absolute Gasteiger partial charge is 0.393 e. The lowest BCUT2D eigenvalue weighted by Gasteiger charge is -2.59. The molecule has 4 fully saturated rings. The minimum Gasteiger partial charge on any atom is -0.393 e. The number of thioether (sulfide) groups is 1. The number of ether oxygens (including phenoxy) is 2. The van der Waals surface area contributed by atoms with Crippen LogP contribution in [0.4, 0.5) is 0 Å². The molecule has 3 saturated carbocycles. The van der Waals surface area contributed by atoms with Crippen LogP contribution in [-0.4, -0.2) is 52.8 Å². The average molecular weight is 461 g/mol. The number of rotatable bonds is 5. The van der Waals surface area contributed by atoms with E-state index in [-0.39, 0.29) is 47.1 Å². The van der Waals surface area contributed by atoms with Crippen LogP contribution in [0.3, 0.4) is 0 Å². The van der Waals surface area contributed by atoms with Gasteiger partial charge in [-0.25, -0.2) is 0 Å². The van der Waals surface area contributed by atoms with Crippen molar-refractivity contribution < 1.29 is 24.2 Å². The monoisotopic (exact) mass is 460 g/mol. The number of carbonyl (C=O) groups excluding carboxylic acids is 2. The molecule has 6 heteroatoms. The van der Waals surface area contributed by atoms with Gasteiger partial charge in [0, 0.05) is 16.7 Å². The van der Waals surface area contributed by atoms with Crippen LogP contribution < -0.4 is 0 Å². The SMILES string of the molecule is CCC[C@H]1O[C@@H]2C[C@H]3[C@@H]4CCC5=CC(=O)C=C[C@]5(C)[C@H]4[C@@H](O)C[C@]3(C)[C@]2(C(=O)CSC)O1. The van der Waals surface area contributed by atoms with Gasteiger partial charge in [-0.3, -0.25) is 9.59 Å². The minimum atomic E-state index is -0.970. The number of aliphatic hydroxyl groups is 1. The molecular weight excluding hydrogens is 424 g/mol. The van der Waals surface area contributed by atoms with Crippen LogP contribution in [0, 0.1) is 28.6 Å². The molecular formula is C26H36O5S. The van der Waals surface area contributed by atoms with E-state index < -0.39 is 17.1 Å². The molecule has 32 heavy (non-hydrogen) atoms. The van der Waals surface area contributed by atoms with E-state index in [1.165, 1.54) is 11.8 Å². The van der Waals surface area contributed by atoms with Crippen LogP contribution in [0.25, 0.3) is 0 Å². The molecule has 0 bridgehead atoms. The Bertz CT molecular complexity index is 881. The Morgan fingerprint density at radius 3 is 2.84 bits per heavy atom. The van der Waals surface area contributed by atoms with Gasteiger partial charge in [0.25, 0.3) is 0 Å². The summed E-state index contributed by atoms with van der Waals surface area (Å²) in [5.41, 5.74) is -0.588. The molecule has 0 radical (unpaired) electrons. The Morgan fingerprint density at radius 2 is 2.12 bits per heavy atom. The van der Waals surface area contributed by atoms with Gasteiger partial charge in [0.05, 0.1) is 18.0 Å². The number of hydrogen-bond acceptors (Lipinski definition) is 6. The lowest BCUT2D eigenvalue weighted by atomic mass is 9.46. The highest BCUT2D eigenvalue weighted by Gasteiger charge is 2.75. The smallest absolute Gasteiger partial charge is 0.178 e. The number of hydrogen-bond donors (Lipinski definition) is 1. The summed E-state index contributed by atoms with van der Waals surface area (Å²) in [6, 6.07) is 0. The first-order valence-electron chi connectivity index (χ1n) is 12.2. The molecule has 1 N–H and O–H groups in total. The molecule has 0 aromatic heterocycles. The van der Waals surface area contributed by atoms with Crippen molar-refractivity contribution in [3.05, 3.63) is 23.8 Å². The van der Waals surface area contributed by atoms with Gasteiger partial charge in [-0.05, 0) is 62.3 Å². The fourth-order valence-corrected chi connectivity index (χ4v) is 8.72. The molecule has 0 amide bonds. The van der Waals surface area contributed by atoms with E-state index in [1.807, 2.05) is 12.3 Å². The van der Waals surface area contributed by atoms with E-state index in [1.54, 1.807) is 12.2 Å². The Morgan fingerprint density at radius 1 is 1.34 bits per heavy atom. The van der Waals surface area contributed by atoms with Crippen molar-refractivity contribution >= 4 is 23.3 Å². The molecule has 5 rings (SSSR count). The molecule has 0 aromatic carbocycles. The van der Waals surface area contributed by atoms with E-state index in [4.69, 9.17) is 9.47 Å². The Balaban J connectivity index is 1.55. The summed E-state index contributed by atoms with van der Waals surface area (Å²) in [5, 5.41) is 11.6. The van der Waals surface area contributed by atoms with Crippen LogP contribution in [-0.2, 0) is 19.1 Å². The third-order valence-electron chi connectivity index (χ3n) is 9.50. The molecule has 5 aliphatic rings. The highest BCUT2D eigenvalue weighted by atomic mass is 32.2. The maximum absolute atomic E-state index is 13.7. The van der Waals surface area contributed by atoms with Crippen molar-refractivity contribution in [3.63, 3.8) is 0 Å². The van der Waals surface area contributed by atoms with Gasteiger partial charge in [0.2, 0.25) is 0 Å². The van der Waals surface area contributed by atoms with Crippen molar-refractivity contribution in [3.8, 4) is 0 Å². The van der Waals surface area contributed by atoms with Gasteiger partial charge in [-0.2, -0.15) is 11.8 Å². The van der Waals surface area contributed by atoms with Gasteiger partial charge >= 0.3 is 0 Å². The van der Waals surface area contributed by atoms with Gasteiger partial charge in [0.15, 0.2) is 23.5 Å². The fourth-order valence-electron chi connectivity index (χ4n) is 8.24. The molecule has 1 aliphatic heterocycles. The quantitative estimate of drug-likeness (QED) is 0.666. The van der Waals surface area contributed by atoms with E-state index in [0.29, 0.717) is 12.2 Å². The average Bonchev–Trinajstić information content (AvgIpc) is 3.21. The van der Waals surface area contributed by atoms with Crippen molar-refractivity contribution in [2.75, 3.05) is 12.0 Å². The number of allylic oxidation sites excluding steroid dienone is 4. The van der Waals surface area contributed by atoms with Crippen molar-refractivity contribution in [1.29, 1.82) is 0 Å². The number of ketones is 2. The lowest BCUT2D eigenvalue weighted by Crippen LogP contribution is -2.63. The molecule has 1 saturated heterocycles. The molecule has 0 spiro atoms. The molecule has 0 aromatic rings. The number of aliphatic hydroxyl groups excluding tert-OH is 1. The summed E-state index contributed by atoms with van der Waals surface area (Å²) in [7, 11) is 0. The zero-order valence-corrected chi connectivity index (χ0v) is 20.5. The Hall–Kier alpha value is -0.950. The summed E-state index contributed by atoms with van der Waals surface area (Å²) in [6.45, 7) is 6.47. The van der Waals surface area contributed by atoms with Crippen molar-refractivity contribution in [2.45, 2.75) is 83.4 Å². The van der Waals surface area contributed by atoms with Crippen LogP contribution >= 0.6 is 11.8 Å². The predicted molar refractivity (Wildman–Crippen MR) is 124 cm³/mol. The second-order valence-corrected chi connectivity index (χ2v) is 11.9. The number of Topliss-reactive ketones (excluding diaryl/α,β-unsaturated/α-hetero) is 1. The van der Waals surface area contributed by atoms with Crippen LogP contribution in [0.5, 0.6) is 0 Å². The molecule has 5 nitrogen and oxygen atoms in total. The Labute approximate surface area is 195 Å². The molecule has 176 valence electrons. The van der Waals surface area contributed by atoms with Gasteiger partial charge < -0.3 is 14.6 Å². The number of carbonyl (C=O) groups is 2. The van der Waals surface area contributed by atoms with E-state index in [9.17, 15) is 14.7 Å². The zero-order valence-electron chi connectivity index (χ0n) is 19.6. The lowest BCUT2D eigenvalue weighted by molar-refractivity contribution is -0.197. The van der Waals surface area contributed by atoms with Crippen molar-refractivity contribution in [1.82, 2.24) is 0 Å². The number of fused-ring (bicyclic) bond motifs is 7. The first kappa shape index (κ1) is 22.8. The second-order valence-electron chi connectivity index (χ2n) is 11.0. The maximum Gasteiger partial charge on any atom is 0.178 e. The van der Waals surface area contributed by atoms with Gasteiger partial charge in [-0.1, -0.05) is 38.8 Å². The topological polar surface area (TPSA) is 72.8 Å². The van der Waals surface area contributed by atoms with E-state index in [2.05, 4.69) is 20.8 Å². The first-order valence-corrected chi connectivity index (χ1v) is 13.6. The first-order chi connectivity index (χ1) is 15.2. The molecule has 1 heterocycles. The summed E-state index contributed by atoms with van der Waals surface area (Å²) >= 11 is 1.53. The molecule has 4 aliphatic carbocycles. The van der Waals surface area contributed by atoms with Crippen LogP contribution in [0.1, 0.15) is 59.3 Å². The summed E-state index contributed by atoms with van der Waals surface area (Å²) in [4.78, 5) is 25.7. The van der Waals surface area contributed by atoms with E-state index >= 15 is 0 Å². The molecule has 9 atom stereocenters. The van der Waals surface area contributed by atoms with Crippen LogP contribution in [0.15, 0.2) is 23.8 Å². The third kappa shape index (κ3) is 2.88. The second kappa shape index (κ2) is 7.79. The highest BCUT2D eigenvalue weighted by Crippen LogP contribution is 2.69. The van der Waals surface area contributed by atoms with E-state index in [0.717, 1.165) is 37.7 Å². The normalized spacial score (nSPS) is 49.2. The van der Waals surface area contributed by atoms with Gasteiger partial charge in [0.1, 0.15) is 0 Å². The maximum atomic E-state index is 13.7. The van der Waals surface area contributed by atoms with Crippen LogP contribution in [0.2, 0.25) is 0 Å². The summed E-state index contributed by atoms with van der Waals surface area (Å²) < 4.78 is 13.0. The highest BCUT2D eigenvalue weighted by molar-refractivity contribution is 7.99. The van der Waals surface area contributed by atoms with Gasteiger partial charge in [-0.15, -0.1) is 0 Å². The predicted octanol–water partition coefficient (Wildman–Crippen LogP) is 4.09. The summed E-state index contributed by atoms with van der Waals surface area (Å²) in [5.74, 6) is 1.13. The zero-order chi connectivity index (χ0) is 22.9. The molecule has 0 unspecified atom stereocenters. The summed E-state index contributed by atoms with van der Waals surface area (Å²) in [6.07, 6.45) is 11.2. The Kier molecular flexibility index (Phi) is 5.56. The van der Waals surface area contributed by atoms with Crippen molar-refractivity contribution in [2.24, 2.45) is 28.6 Å². The fraction of sp³-hybridized carbons (Fsp3) is 0.769. The standard InChI is InChI=1S/C26H36O5S/c1-5-6-22-30-21-12-18-17-8-7-15-11-16(27)9-10-24(15,2)23(17)19(28)13-25(18,3)26(21,31-22)20(29)14-32-4/h9-11,17-19,21-23,28H,5-8,12-14H2,1-4H3/t17-,18-,19-,21+,22-,23+,24-,25-,26+/m0/s1. The minimum absolute atomic E-state index is 0.0443. The third-order valence-corrected chi connectivity index (χ3v) is 10.1.